The molecule has 0 aliphatic heterocycles. The van der Waals surface area contributed by atoms with Gasteiger partial charge in [-0.15, -0.1) is 18.2 Å². The van der Waals surface area contributed by atoms with Gasteiger partial charge in [0.2, 0.25) is 0 Å². The topological polar surface area (TPSA) is 37.3 Å². The Morgan fingerprint density at radius 3 is 2.73 bits per heavy atom. The van der Waals surface area contributed by atoms with Gasteiger partial charge in [-0.05, 0) is 19.3 Å². The molecule has 0 radical (unpaired) electrons. The van der Waals surface area contributed by atoms with Gasteiger partial charge in [0.25, 0.3) is 0 Å². The van der Waals surface area contributed by atoms with E-state index in [4.69, 9.17) is 16.7 Å². The average molecular weight is 177 g/mol. The molecular weight excluding hydrogens is 164 g/mol. The molecule has 11 heavy (non-hydrogen) atoms. The fraction of sp³-hybridized carbons (Fsp3) is 0.625. The molecular formula is C8H13ClO2. The number of halogens is 1. The van der Waals surface area contributed by atoms with Gasteiger partial charge >= 0.3 is 5.97 Å². The van der Waals surface area contributed by atoms with Gasteiger partial charge in [0.15, 0.2) is 0 Å². The average Bonchev–Trinajstić information content (AvgIpc) is 1.97. The molecule has 0 saturated heterocycles. The first-order valence-electron chi connectivity index (χ1n) is 3.66. The molecule has 0 spiro atoms. The van der Waals surface area contributed by atoms with Crippen molar-refractivity contribution in [1.82, 2.24) is 0 Å². The minimum absolute atomic E-state index is 0.546. The van der Waals surface area contributed by atoms with E-state index in [-0.39, 0.29) is 0 Å². The van der Waals surface area contributed by atoms with Gasteiger partial charge in [0.1, 0.15) is 5.38 Å². The van der Waals surface area contributed by atoms with Crippen LogP contribution in [-0.4, -0.2) is 16.5 Å². The third-order valence-electron chi connectivity index (χ3n) is 1.38. The third-order valence-corrected chi connectivity index (χ3v) is 1.79. The summed E-state index contributed by atoms with van der Waals surface area (Å²) in [5.41, 5.74) is 0. The number of allylic oxidation sites excluding steroid dienone is 1. The molecule has 0 rings (SSSR count). The fourth-order valence-electron chi connectivity index (χ4n) is 0.736. The molecule has 0 heterocycles. The van der Waals surface area contributed by atoms with E-state index in [1.807, 2.05) is 6.08 Å². The maximum absolute atomic E-state index is 10.2. The molecule has 0 aromatic carbocycles. The van der Waals surface area contributed by atoms with E-state index in [2.05, 4.69) is 6.58 Å². The van der Waals surface area contributed by atoms with Crippen molar-refractivity contribution in [1.29, 1.82) is 0 Å². The number of hydrogen-bond donors (Lipinski definition) is 1. The lowest BCUT2D eigenvalue weighted by Gasteiger charge is -2.01. The Bertz CT molecular complexity index is 134. The van der Waals surface area contributed by atoms with Crippen molar-refractivity contribution in [3.8, 4) is 0 Å². The van der Waals surface area contributed by atoms with Gasteiger partial charge in [-0.2, -0.15) is 0 Å². The molecule has 0 aromatic rings. The van der Waals surface area contributed by atoms with E-state index in [0.29, 0.717) is 6.42 Å². The molecule has 0 amide bonds. The summed E-state index contributed by atoms with van der Waals surface area (Å²) in [5.74, 6) is -0.926. The molecule has 1 unspecified atom stereocenters. The Morgan fingerprint density at radius 2 is 2.27 bits per heavy atom. The second-order valence-electron chi connectivity index (χ2n) is 2.38. The Kier molecular flexibility index (Phi) is 5.94. The molecule has 0 aromatic heterocycles. The summed E-state index contributed by atoms with van der Waals surface area (Å²) < 4.78 is 0. The van der Waals surface area contributed by atoms with E-state index in [1.165, 1.54) is 0 Å². The van der Waals surface area contributed by atoms with E-state index >= 15 is 0 Å². The predicted octanol–water partition coefficient (Wildman–Crippen LogP) is 2.42. The maximum Gasteiger partial charge on any atom is 0.321 e. The van der Waals surface area contributed by atoms with Gasteiger partial charge in [-0.1, -0.05) is 12.5 Å². The smallest absolute Gasteiger partial charge is 0.321 e. The van der Waals surface area contributed by atoms with Crippen molar-refractivity contribution < 1.29 is 9.90 Å². The number of carbonyl (C=O) groups is 1. The molecule has 0 saturated carbocycles. The quantitative estimate of drug-likeness (QED) is 0.384. The van der Waals surface area contributed by atoms with Gasteiger partial charge in [-0.3, -0.25) is 4.79 Å². The zero-order valence-electron chi connectivity index (χ0n) is 6.42. The van der Waals surface area contributed by atoms with Crippen molar-refractivity contribution in [2.45, 2.75) is 31.1 Å². The van der Waals surface area contributed by atoms with Gasteiger partial charge in [0, 0.05) is 0 Å². The SMILES string of the molecule is C=CCCCCC(Cl)C(=O)O. The number of unbranched alkanes of at least 4 members (excludes halogenated alkanes) is 2. The molecule has 1 atom stereocenters. The van der Waals surface area contributed by atoms with Crippen LogP contribution in [0.4, 0.5) is 0 Å². The van der Waals surface area contributed by atoms with Crippen LogP contribution in [0, 0.1) is 0 Å². The van der Waals surface area contributed by atoms with Gasteiger partial charge in [-0.25, -0.2) is 0 Å². The summed E-state index contributed by atoms with van der Waals surface area (Å²) in [4.78, 5) is 10.2. The van der Waals surface area contributed by atoms with Crippen LogP contribution in [0.5, 0.6) is 0 Å². The Morgan fingerprint density at radius 1 is 1.64 bits per heavy atom. The number of carboxylic acids is 1. The number of rotatable bonds is 6. The second kappa shape index (κ2) is 6.23. The van der Waals surface area contributed by atoms with Crippen LogP contribution in [0.15, 0.2) is 12.7 Å². The van der Waals surface area contributed by atoms with Crippen LogP contribution in [0.2, 0.25) is 0 Å². The summed E-state index contributed by atoms with van der Waals surface area (Å²) >= 11 is 5.47. The van der Waals surface area contributed by atoms with Crippen LogP contribution in [0.1, 0.15) is 25.7 Å². The minimum atomic E-state index is -0.926. The molecule has 1 N–H and O–H groups in total. The molecule has 64 valence electrons. The molecule has 0 aliphatic carbocycles. The number of alkyl halides is 1. The highest BCUT2D eigenvalue weighted by Crippen LogP contribution is 2.09. The first-order chi connectivity index (χ1) is 5.18. The van der Waals surface area contributed by atoms with Crippen molar-refractivity contribution in [2.75, 3.05) is 0 Å². The summed E-state index contributed by atoms with van der Waals surface area (Å²) in [7, 11) is 0. The van der Waals surface area contributed by atoms with Crippen molar-refractivity contribution in [3.05, 3.63) is 12.7 Å². The molecule has 2 nitrogen and oxygen atoms in total. The number of aliphatic carboxylic acids is 1. The van der Waals surface area contributed by atoms with Gasteiger partial charge in [0.05, 0.1) is 0 Å². The fourth-order valence-corrected chi connectivity index (χ4v) is 0.890. The lowest BCUT2D eigenvalue weighted by atomic mass is 10.1. The van der Waals surface area contributed by atoms with Crippen LogP contribution < -0.4 is 0 Å². The second-order valence-corrected chi connectivity index (χ2v) is 2.91. The molecule has 0 aliphatic rings. The highest BCUT2D eigenvalue weighted by atomic mass is 35.5. The number of hydrogen-bond acceptors (Lipinski definition) is 1. The molecule has 3 heteroatoms. The zero-order chi connectivity index (χ0) is 8.69. The Hall–Kier alpha value is -0.500. The van der Waals surface area contributed by atoms with Crippen molar-refractivity contribution in [2.24, 2.45) is 0 Å². The normalized spacial score (nSPS) is 12.5. The summed E-state index contributed by atoms with van der Waals surface area (Å²) in [6.07, 6.45) is 5.13. The first kappa shape index (κ1) is 10.5. The van der Waals surface area contributed by atoms with E-state index in [0.717, 1.165) is 19.3 Å². The lowest BCUT2D eigenvalue weighted by Crippen LogP contribution is -2.12. The summed E-state index contributed by atoms with van der Waals surface area (Å²) in [6, 6.07) is 0. The highest BCUT2D eigenvalue weighted by molar-refractivity contribution is 6.29. The van der Waals surface area contributed by atoms with E-state index in [1.54, 1.807) is 0 Å². The van der Waals surface area contributed by atoms with Crippen molar-refractivity contribution in [3.63, 3.8) is 0 Å². The molecule has 0 bridgehead atoms. The minimum Gasteiger partial charge on any atom is -0.480 e. The monoisotopic (exact) mass is 176 g/mol. The van der Waals surface area contributed by atoms with Crippen LogP contribution >= 0.6 is 11.6 Å². The Balaban J connectivity index is 3.24. The van der Waals surface area contributed by atoms with E-state index in [9.17, 15) is 4.79 Å². The van der Waals surface area contributed by atoms with Crippen LogP contribution in [0.25, 0.3) is 0 Å². The predicted molar refractivity (Wildman–Crippen MR) is 45.9 cm³/mol. The van der Waals surface area contributed by atoms with Crippen LogP contribution in [0.3, 0.4) is 0 Å². The zero-order valence-corrected chi connectivity index (χ0v) is 7.18. The first-order valence-corrected chi connectivity index (χ1v) is 4.10. The third kappa shape index (κ3) is 5.92. The molecule has 0 fully saturated rings. The standard InChI is InChI=1S/C8H13ClO2/c1-2-3-4-5-6-7(9)8(10)11/h2,7H,1,3-6H2,(H,10,11). The highest BCUT2D eigenvalue weighted by Gasteiger charge is 2.11. The lowest BCUT2D eigenvalue weighted by molar-refractivity contribution is -0.136. The summed E-state index contributed by atoms with van der Waals surface area (Å²) in [6.45, 7) is 3.56. The van der Waals surface area contributed by atoms with Crippen LogP contribution in [-0.2, 0) is 4.79 Å². The Labute approximate surface area is 71.9 Å². The van der Waals surface area contributed by atoms with Gasteiger partial charge < -0.3 is 5.11 Å². The maximum atomic E-state index is 10.2. The largest absolute Gasteiger partial charge is 0.480 e. The van der Waals surface area contributed by atoms with Crippen molar-refractivity contribution >= 4 is 17.6 Å². The van der Waals surface area contributed by atoms with E-state index < -0.39 is 11.3 Å². The summed E-state index contributed by atoms with van der Waals surface area (Å²) in [5, 5.41) is 7.66. The number of carboxylic acid groups (broad SMARTS) is 1.